The maximum atomic E-state index is 6.41. The number of likely N-dealkylation sites (tertiary alicyclic amines) is 1. The van der Waals surface area contributed by atoms with E-state index in [1.54, 1.807) is 0 Å². The summed E-state index contributed by atoms with van der Waals surface area (Å²) in [6, 6.07) is 6.51. The van der Waals surface area contributed by atoms with Crippen LogP contribution in [0.1, 0.15) is 42.9 Å². The third kappa shape index (κ3) is 2.49. The first-order valence-corrected chi connectivity index (χ1v) is 7.32. The number of hydrogen-bond acceptors (Lipinski definition) is 3. The minimum Gasteiger partial charge on any atom is -0.487 e. The van der Waals surface area contributed by atoms with Crippen LogP contribution < -0.4 is 10.5 Å². The number of rotatable bonds is 0. The van der Waals surface area contributed by atoms with Crippen molar-refractivity contribution in [1.82, 2.24) is 4.90 Å². The van der Waals surface area contributed by atoms with Crippen LogP contribution in [-0.2, 0) is 0 Å². The van der Waals surface area contributed by atoms with Crippen molar-refractivity contribution in [3.8, 4) is 5.75 Å². The van der Waals surface area contributed by atoms with Gasteiger partial charge in [-0.25, -0.2) is 0 Å². The first-order chi connectivity index (χ1) is 9.08. The predicted molar refractivity (Wildman–Crippen MR) is 77.4 cm³/mol. The van der Waals surface area contributed by atoms with Gasteiger partial charge in [-0.05, 0) is 45.8 Å². The number of benzene rings is 1. The number of nitrogens with two attached hydrogens (primary N) is 1. The molecule has 0 aliphatic carbocycles. The van der Waals surface area contributed by atoms with Gasteiger partial charge in [0.1, 0.15) is 11.4 Å². The lowest BCUT2D eigenvalue weighted by atomic mass is 9.82. The van der Waals surface area contributed by atoms with Crippen molar-refractivity contribution in [3.05, 3.63) is 29.3 Å². The molecule has 1 spiro atoms. The summed E-state index contributed by atoms with van der Waals surface area (Å²) in [5.74, 6) is 1.01. The number of fused-ring (bicyclic) bond motifs is 1. The Morgan fingerprint density at radius 1 is 1.32 bits per heavy atom. The molecule has 2 aliphatic heterocycles. The van der Waals surface area contributed by atoms with Crippen LogP contribution in [0.3, 0.4) is 0 Å². The van der Waals surface area contributed by atoms with Gasteiger partial charge in [0, 0.05) is 24.6 Å². The molecule has 0 saturated carbocycles. The molecule has 2 heterocycles. The van der Waals surface area contributed by atoms with Crippen LogP contribution in [-0.4, -0.2) is 30.6 Å². The Balaban J connectivity index is 1.89. The minimum absolute atomic E-state index is 0.0353. The van der Waals surface area contributed by atoms with Crippen molar-refractivity contribution in [3.63, 3.8) is 0 Å². The van der Waals surface area contributed by atoms with Gasteiger partial charge in [0.25, 0.3) is 0 Å². The summed E-state index contributed by atoms with van der Waals surface area (Å²) in [6.45, 7) is 4.38. The fraction of sp³-hybridized carbons (Fsp3) is 0.625. The van der Waals surface area contributed by atoms with Gasteiger partial charge >= 0.3 is 0 Å². The van der Waals surface area contributed by atoms with Crippen LogP contribution in [0.15, 0.2) is 18.2 Å². The summed E-state index contributed by atoms with van der Waals surface area (Å²) in [4.78, 5) is 2.40. The minimum atomic E-state index is -0.0353. The summed E-state index contributed by atoms with van der Waals surface area (Å²) >= 11 is 0. The molecule has 1 unspecified atom stereocenters. The lowest BCUT2D eigenvalue weighted by Crippen LogP contribution is -2.43. The van der Waals surface area contributed by atoms with Crippen molar-refractivity contribution < 1.29 is 4.74 Å². The average molecular weight is 260 g/mol. The molecule has 3 rings (SSSR count). The topological polar surface area (TPSA) is 38.5 Å². The van der Waals surface area contributed by atoms with E-state index in [0.717, 1.165) is 31.6 Å². The molecule has 0 amide bonds. The van der Waals surface area contributed by atoms with Gasteiger partial charge in [-0.2, -0.15) is 0 Å². The summed E-state index contributed by atoms with van der Waals surface area (Å²) in [6.07, 6.45) is 4.37. The zero-order valence-electron chi connectivity index (χ0n) is 12.0. The fourth-order valence-electron chi connectivity index (χ4n) is 3.45. The van der Waals surface area contributed by atoms with Crippen molar-refractivity contribution >= 4 is 0 Å². The smallest absolute Gasteiger partial charge is 0.124 e. The maximum absolute atomic E-state index is 6.41. The molecule has 1 aromatic rings. The quantitative estimate of drug-likeness (QED) is 0.779. The first kappa shape index (κ1) is 12.9. The Morgan fingerprint density at radius 2 is 2.16 bits per heavy atom. The Hall–Kier alpha value is -1.06. The molecule has 0 bridgehead atoms. The molecule has 1 fully saturated rings. The second-order valence-electron chi connectivity index (χ2n) is 6.29. The molecule has 0 radical (unpaired) electrons. The van der Waals surface area contributed by atoms with Gasteiger partial charge in [0.05, 0.1) is 0 Å². The van der Waals surface area contributed by atoms with Crippen LogP contribution in [0.4, 0.5) is 0 Å². The van der Waals surface area contributed by atoms with Crippen molar-refractivity contribution in [1.29, 1.82) is 0 Å². The molecule has 19 heavy (non-hydrogen) atoms. The summed E-state index contributed by atoms with van der Waals surface area (Å²) < 4.78 is 6.41. The van der Waals surface area contributed by atoms with Crippen molar-refractivity contribution in [2.45, 2.75) is 44.2 Å². The molecular weight excluding hydrogens is 236 g/mol. The molecular formula is C16H24N2O. The largest absolute Gasteiger partial charge is 0.487 e. The van der Waals surface area contributed by atoms with E-state index < -0.39 is 0 Å². The van der Waals surface area contributed by atoms with E-state index in [1.165, 1.54) is 24.1 Å². The monoisotopic (exact) mass is 260 g/mol. The van der Waals surface area contributed by atoms with Crippen LogP contribution >= 0.6 is 0 Å². The van der Waals surface area contributed by atoms with Crippen LogP contribution in [0.25, 0.3) is 0 Å². The number of ether oxygens (including phenoxy) is 1. The van der Waals surface area contributed by atoms with E-state index in [0.29, 0.717) is 0 Å². The second kappa shape index (κ2) is 4.80. The SMILES string of the molecule is Cc1ccc2c(c1)[C@H](N)CC1(CCCN(C)CC1)O2. The highest BCUT2D eigenvalue weighted by Gasteiger charge is 2.40. The lowest BCUT2D eigenvalue weighted by Gasteiger charge is -2.41. The molecule has 2 N–H and O–H groups in total. The van der Waals surface area contributed by atoms with E-state index in [4.69, 9.17) is 10.5 Å². The maximum Gasteiger partial charge on any atom is 0.124 e. The molecule has 0 aromatic heterocycles. The molecule has 3 heteroatoms. The van der Waals surface area contributed by atoms with Gasteiger partial charge in [-0.3, -0.25) is 0 Å². The van der Waals surface area contributed by atoms with Gasteiger partial charge in [-0.1, -0.05) is 17.7 Å². The Bertz CT molecular complexity index is 474. The molecule has 2 aliphatic rings. The van der Waals surface area contributed by atoms with Crippen LogP contribution in [0.2, 0.25) is 0 Å². The van der Waals surface area contributed by atoms with Gasteiger partial charge in [0.15, 0.2) is 0 Å². The van der Waals surface area contributed by atoms with Crippen molar-refractivity contribution in [2.75, 3.05) is 20.1 Å². The van der Waals surface area contributed by atoms with E-state index in [-0.39, 0.29) is 11.6 Å². The molecule has 1 saturated heterocycles. The van der Waals surface area contributed by atoms with Gasteiger partial charge in [-0.15, -0.1) is 0 Å². The summed E-state index contributed by atoms with van der Waals surface area (Å²) in [5.41, 5.74) is 8.82. The first-order valence-electron chi connectivity index (χ1n) is 7.32. The number of hydrogen-bond donors (Lipinski definition) is 1. The molecule has 3 nitrogen and oxygen atoms in total. The predicted octanol–water partition coefficient (Wildman–Crippen LogP) is 2.63. The average Bonchev–Trinajstić information content (AvgIpc) is 2.54. The highest BCUT2D eigenvalue weighted by molar-refractivity contribution is 5.41. The normalized spacial score (nSPS) is 31.6. The molecule has 104 valence electrons. The standard InChI is InChI=1S/C16H24N2O/c1-12-4-5-15-13(10-12)14(17)11-16(19-15)6-3-8-18(2)9-7-16/h4-5,10,14H,3,6-9,11,17H2,1-2H3/t14-,16?/m1/s1. The lowest BCUT2D eigenvalue weighted by molar-refractivity contribution is 0.0223. The van der Waals surface area contributed by atoms with Crippen molar-refractivity contribution in [2.24, 2.45) is 5.73 Å². The number of aryl methyl sites for hydroxylation is 1. The Kier molecular flexibility index (Phi) is 3.27. The number of nitrogens with zero attached hydrogens (tertiary/aromatic N) is 1. The zero-order valence-corrected chi connectivity index (χ0v) is 12.0. The van der Waals surface area contributed by atoms with E-state index >= 15 is 0 Å². The third-order valence-corrected chi connectivity index (χ3v) is 4.60. The highest BCUT2D eigenvalue weighted by atomic mass is 16.5. The van der Waals surface area contributed by atoms with E-state index in [1.807, 2.05) is 0 Å². The zero-order chi connectivity index (χ0) is 13.5. The summed E-state index contributed by atoms with van der Waals surface area (Å²) in [5, 5.41) is 0. The third-order valence-electron chi connectivity index (χ3n) is 4.60. The van der Waals surface area contributed by atoms with Gasteiger partial charge in [0.2, 0.25) is 0 Å². The van der Waals surface area contributed by atoms with E-state index in [2.05, 4.69) is 37.1 Å². The molecule has 1 aromatic carbocycles. The second-order valence-corrected chi connectivity index (χ2v) is 6.29. The Labute approximate surface area is 115 Å². The van der Waals surface area contributed by atoms with Crippen LogP contribution in [0, 0.1) is 6.92 Å². The fourth-order valence-corrected chi connectivity index (χ4v) is 3.45. The Morgan fingerprint density at radius 3 is 3.00 bits per heavy atom. The summed E-state index contributed by atoms with van der Waals surface area (Å²) in [7, 11) is 2.19. The van der Waals surface area contributed by atoms with Crippen LogP contribution in [0.5, 0.6) is 5.75 Å². The van der Waals surface area contributed by atoms with E-state index in [9.17, 15) is 0 Å². The molecule has 2 atom stereocenters. The highest BCUT2D eigenvalue weighted by Crippen LogP contribution is 2.43. The van der Waals surface area contributed by atoms with Gasteiger partial charge < -0.3 is 15.4 Å².